The lowest BCUT2D eigenvalue weighted by atomic mass is 9.99. The Morgan fingerprint density at radius 3 is 2.54 bits per heavy atom. The minimum atomic E-state index is 0. The van der Waals surface area contributed by atoms with Crippen LogP contribution < -0.4 is 15.5 Å². The third-order valence-corrected chi connectivity index (χ3v) is 5.38. The summed E-state index contributed by atoms with van der Waals surface area (Å²) in [5.41, 5.74) is 1.16. The summed E-state index contributed by atoms with van der Waals surface area (Å²) in [4.78, 5) is 11.8. The second-order valence-electron chi connectivity index (χ2n) is 7.52. The van der Waals surface area contributed by atoms with Crippen LogP contribution in [0, 0.1) is 5.92 Å². The summed E-state index contributed by atoms with van der Waals surface area (Å²) >= 11 is 0. The molecule has 146 valence electrons. The van der Waals surface area contributed by atoms with Gasteiger partial charge in [-0.25, -0.2) is 9.98 Å². The van der Waals surface area contributed by atoms with Crippen LogP contribution in [0.1, 0.15) is 57.9 Å². The Bertz CT molecular complexity index is 546. The number of aromatic nitrogens is 1. The van der Waals surface area contributed by atoms with E-state index in [0.717, 1.165) is 42.9 Å². The Morgan fingerprint density at radius 1 is 1.19 bits per heavy atom. The summed E-state index contributed by atoms with van der Waals surface area (Å²) in [5.74, 6) is 2.89. The second-order valence-corrected chi connectivity index (χ2v) is 7.52. The van der Waals surface area contributed by atoms with Gasteiger partial charge in [-0.3, -0.25) is 0 Å². The Labute approximate surface area is 175 Å². The topological polar surface area (TPSA) is 52.6 Å². The minimum absolute atomic E-state index is 0. The number of guanidine groups is 1. The quantitative estimate of drug-likeness (QED) is 0.388. The van der Waals surface area contributed by atoms with Crippen molar-refractivity contribution in [2.75, 3.05) is 24.5 Å². The van der Waals surface area contributed by atoms with Crippen LogP contribution in [0.25, 0.3) is 0 Å². The van der Waals surface area contributed by atoms with Gasteiger partial charge in [0.1, 0.15) is 5.82 Å². The maximum Gasteiger partial charge on any atom is 0.191 e. The Morgan fingerprint density at radius 2 is 1.92 bits per heavy atom. The first-order valence-electron chi connectivity index (χ1n) is 9.99. The van der Waals surface area contributed by atoms with Crippen LogP contribution in [0.4, 0.5) is 5.82 Å². The van der Waals surface area contributed by atoms with Crippen LogP contribution >= 0.6 is 24.0 Å². The molecular formula is C20H34IN5. The largest absolute Gasteiger partial charge is 0.357 e. The van der Waals surface area contributed by atoms with Gasteiger partial charge in [-0.15, -0.1) is 24.0 Å². The molecule has 0 spiro atoms. The molecule has 1 aliphatic heterocycles. The predicted octanol–water partition coefficient (Wildman–Crippen LogP) is 3.93. The first-order valence-corrected chi connectivity index (χ1v) is 9.99. The summed E-state index contributed by atoms with van der Waals surface area (Å²) in [7, 11) is 0. The minimum Gasteiger partial charge on any atom is -0.357 e. The SMILES string of the molecule is CCNC(=NCc1ccc(N2CCC(C)CC2)nc1)NC1CCCC1.I. The maximum absolute atomic E-state index is 4.74. The zero-order valence-electron chi connectivity index (χ0n) is 16.2. The van der Waals surface area contributed by atoms with Crippen molar-refractivity contribution in [3.63, 3.8) is 0 Å². The highest BCUT2D eigenvalue weighted by molar-refractivity contribution is 14.0. The van der Waals surface area contributed by atoms with E-state index in [-0.39, 0.29) is 24.0 Å². The second kappa shape index (κ2) is 10.9. The van der Waals surface area contributed by atoms with Gasteiger partial charge in [-0.1, -0.05) is 25.8 Å². The number of nitrogens with one attached hydrogen (secondary N) is 2. The standard InChI is InChI=1S/C20H33N5.HI/c1-3-21-20(24-18-6-4-5-7-18)23-15-17-8-9-19(22-14-17)25-12-10-16(2)11-13-25;/h8-9,14,16,18H,3-7,10-13,15H2,1-2H3,(H2,21,23,24);1H. The highest BCUT2D eigenvalue weighted by Crippen LogP contribution is 2.21. The monoisotopic (exact) mass is 471 g/mol. The summed E-state index contributed by atoms with van der Waals surface area (Å²) in [6, 6.07) is 4.90. The van der Waals surface area contributed by atoms with E-state index in [1.54, 1.807) is 0 Å². The molecule has 1 saturated heterocycles. The van der Waals surface area contributed by atoms with Crippen LogP contribution in [0.3, 0.4) is 0 Å². The normalized spacial score (nSPS) is 19.3. The van der Waals surface area contributed by atoms with Crippen molar-refractivity contribution >= 4 is 35.8 Å². The van der Waals surface area contributed by atoms with Crippen molar-refractivity contribution in [3.05, 3.63) is 23.9 Å². The van der Waals surface area contributed by atoms with Crippen LogP contribution in [0.15, 0.2) is 23.3 Å². The molecule has 3 rings (SSSR count). The van der Waals surface area contributed by atoms with Crippen LogP contribution in [-0.2, 0) is 6.54 Å². The van der Waals surface area contributed by atoms with Gasteiger partial charge >= 0.3 is 0 Å². The van der Waals surface area contributed by atoms with Gasteiger partial charge in [-0.2, -0.15) is 0 Å². The molecule has 1 aromatic rings. The fraction of sp³-hybridized carbons (Fsp3) is 0.700. The number of hydrogen-bond acceptors (Lipinski definition) is 3. The van der Waals surface area contributed by atoms with Crippen molar-refractivity contribution in [3.8, 4) is 0 Å². The molecule has 5 nitrogen and oxygen atoms in total. The van der Waals surface area contributed by atoms with E-state index in [9.17, 15) is 0 Å². The summed E-state index contributed by atoms with van der Waals surface area (Å²) in [6.07, 6.45) is 9.70. The van der Waals surface area contributed by atoms with E-state index >= 15 is 0 Å². The molecule has 1 aromatic heterocycles. The van der Waals surface area contributed by atoms with Crippen LogP contribution in [0.2, 0.25) is 0 Å². The molecule has 26 heavy (non-hydrogen) atoms. The molecule has 1 aliphatic carbocycles. The molecule has 0 aromatic carbocycles. The van der Waals surface area contributed by atoms with E-state index in [0.29, 0.717) is 12.6 Å². The van der Waals surface area contributed by atoms with E-state index in [1.165, 1.54) is 38.5 Å². The number of anilines is 1. The van der Waals surface area contributed by atoms with Gasteiger partial charge < -0.3 is 15.5 Å². The van der Waals surface area contributed by atoms with Crippen molar-refractivity contribution in [1.82, 2.24) is 15.6 Å². The fourth-order valence-corrected chi connectivity index (χ4v) is 3.69. The van der Waals surface area contributed by atoms with Gasteiger partial charge in [-0.05, 0) is 50.2 Å². The van der Waals surface area contributed by atoms with Crippen LogP contribution in [-0.4, -0.2) is 36.6 Å². The number of pyridine rings is 1. The lowest BCUT2D eigenvalue weighted by Gasteiger charge is -2.31. The van der Waals surface area contributed by atoms with Gasteiger partial charge in [0, 0.05) is 31.9 Å². The predicted molar refractivity (Wildman–Crippen MR) is 120 cm³/mol. The van der Waals surface area contributed by atoms with Crippen molar-refractivity contribution in [2.24, 2.45) is 10.9 Å². The number of rotatable bonds is 5. The Kier molecular flexibility index (Phi) is 8.95. The van der Waals surface area contributed by atoms with Gasteiger partial charge in [0.25, 0.3) is 0 Å². The lowest BCUT2D eigenvalue weighted by Crippen LogP contribution is -2.42. The lowest BCUT2D eigenvalue weighted by molar-refractivity contribution is 0.436. The molecule has 2 N–H and O–H groups in total. The van der Waals surface area contributed by atoms with Crippen LogP contribution in [0.5, 0.6) is 0 Å². The highest BCUT2D eigenvalue weighted by Gasteiger charge is 2.17. The van der Waals surface area contributed by atoms with Gasteiger partial charge in [0.2, 0.25) is 0 Å². The molecule has 2 heterocycles. The highest BCUT2D eigenvalue weighted by atomic mass is 127. The molecule has 0 atom stereocenters. The summed E-state index contributed by atoms with van der Waals surface area (Å²) in [6.45, 7) is 8.27. The average molecular weight is 471 g/mol. The molecule has 0 unspecified atom stereocenters. The number of halogens is 1. The van der Waals surface area contributed by atoms with Gasteiger partial charge in [0.05, 0.1) is 6.54 Å². The molecule has 0 radical (unpaired) electrons. The van der Waals surface area contributed by atoms with Crippen molar-refractivity contribution < 1.29 is 0 Å². The molecule has 1 saturated carbocycles. The van der Waals surface area contributed by atoms with E-state index < -0.39 is 0 Å². The molecule has 2 fully saturated rings. The van der Waals surface area contributed by atoms with Crippen molar-refractivity contribution in [2.45, 2.75) is 65.0 Å². The Hall–Kier alpha value is -1.05. The van der Waals surface area contributed by atoms with Crippen molar-refractivity contribution in [1.29, 1.82) is 0 Å². The molecule has 2 aliphatic rings. The van der Waals surface area contributed by atoms with E-state index in [4.69, 9.17) is 4.99 Å². The number of aliphatic imine (C=N–C) groups is 1. The average Bonchev–Trinajstić information content (AvgIpc) is 3.14. The van der Waals surface area contributed by atoms with E-state index in [2.05, 4.69) is 46.5 Å². The smallest absolute Gasteiger partial charge is 0.191 e. The molecule has 6 heteroatoms. The van der Waals surface area contributed by atoms with E-state index in [1.807, 2.05) is 6.20 Å². The van der Waals surface area contributed by atoms with Gasteiger partial charge in [0.15, 0.2) is 5.96 Å². The Balaban J connectivity index is 0.00000243. The number of piperidine rings is 1. The molecule has 0 amide bonds. The zero-order valence-corrected chi connectivity index (χ0v) is 18.5. The first kappa shape index (κ1) is 21.3. The third-order valence-electron chi connectivity index (χ3n) is 5.38. The fourth-order valence-electron chi connectivity index (χ4n) is 3.69. The number of hydrogen-bond donors (Lipinski definition) is 2. The summed E-state index contributed by atoms with van der Waals surface area (Å²) < 4.78 is 0. The molecule has 0 bridgehead atoms. The first-order chi connectivity index (χ1) is 12.2. The maximum atomic E-state index is 4.74. The summed E-state index contributed by atoms with van der Waals surface area (Å²) in [5, 5.41) is 6.92. The zero-order chi connectivity index (χ0) is 17.5. The number of nitrogens with zero attached hydrogens (tertiary/aromatic N) is 3. The third kappa shape index (κ3) is 6.28. The molecular weight excluding hydrogens is 437 g/mol.